The van der Waals surface area contributed by atoms with Crippen LogP contribution in [0.3, 0.4) is 0 Å². The Morgan fingerprint density at radius 3 is 2.95 bits per heavy atom. The summed E-state index contributed by atoms with van der Waals surface area (Å²) in [5.41, 5.74) is 2.95. The summed E-state index contributed by atoms with van der Waals surface area (Å²) in [6.45, 7) is 1.56. The molecule has 5 nitrogen and oxygen atoms in total. The van der Waals surface area contributed by atoms with Crippen molar-refractivity contribution >= 4 is 29.9 Å². The molecule has 0 aliphatic carbocycles. The zero-order chi connectivity index (χ0) is 14.8. The zero-order valence-corrected chi connectivity index (χ0v) is 13.5. The molecule has 1 unspecified atom stereocenters. The molecule has 2 aliphatic rings. The molecular weight excluding hydrogens is 302 g/mol. The van der Waals surface area contributed by atoms with Gasteiger partial charge in [0, 0.05) is 43.9 Å². The van der Waals surface area contributed by atoms with Gasteiger partial charge in [-0.3, -0.25) is 9.59 Å². The Hall–Kier alpha value is -1.75. The molecule has 2 N–H and O–H groups in total. The lowest BCUT2D eigenvalue weighted by Crippen LogP contribution is -2.48. The van der Waals surface area contributed by atoms with Crippen molar-refractivity contribution in [3.05, 3.63) is 29.3 Å². The summed E-state index contributed by atoms with van der Waals surface area (Å²) < 4.78 is 0. The first-order valence-corrected chi connectivity index (χ1v) is 7.56. The predicted octanol–water partition coefficient (Wildman–Crippen LogP) is 1.82. The van der Waals surface area contributed by atoms with Crippen LogP contribution in [0.25, 0.3) is 0 Å². The van der Waals surface area contributed by atoms with E-state index in [2.05, 4.69) is 10.6 Å². The molecule has 0 spiro atoms. The fourth-order valence-electron chi connectivity index (χ4n) is 3.12. The van der Waals surface area contributed by atoms with Crippen molar-refractivity contribution in [1.82, 2.24) is 10.2 Å². The maximum absolute atomic E-state index is 12.5. The van der Waals surface area contributed by atoms with E-state index in [-0.39, 0.29) is 30.3 Å². The number of rotatable bonds is 2. The maximum Gasteiger partial charge on any atom is 0.251 e. The number of likely N-dealkylation sites (N-methyl/N-ethyl adjacent to an activating group) is 1. The van der Waals surface area contributed by atoms with Crippen molar-refractivity contribution in [1.29, 1.82) is 0 Å². The van der Waals surface area contributed by atoms with E-state index in [1.807, 2.05) is 18.2 Å². The topological polar surface area (TPSA) is 61.4 Å². The summed E-state index contributed by atoms with van der Waals surface area (Å²) in [5.74, 6) is 0.130. The Balaban J connectivity index is 0.00000176. The quantitative estimate of drug-likeness (QED) is 0.872. The average molecular weight is 324 g/mol. The van der Waals surface area contributed by atoms with Gasteiger partial charge in [-0.2, -0.15) is 0 Å². The van der Waals surface area contributed by atoms with Gasteiger partial charge in [0.25, 0.3) is 5.91 Å². The van der Waals surface area contributed by atoms with E-state index in [1.165, 1.54) is 0 Å². The van der Waals surface area contributed by atoms with Crippen LogP contribution in [-0.2, 0) is 11.2 Å². The van der Waals surface area contributed by atoms with Gasteiger partial charge in [-0.15, -0.1) is 12.4 Å². The minimum absolute atomic E-state index is 0. The third-order valence-corrected chi connectivity index (χ3v) is 4.30. The van der Waals surface area contributed by atoms with Gasteiger partial charge in [-0.1, -0.05) is 6.07 Å². The SMILES string of the molecule is CN1CC(NC(=O)c2cccc3c2CCCN3)CCC1=O.Cl. The Morgan fingerprint density at radius 1 is 1.36 bits per heavy atom. The minimum atomic E-state index is -0.0247. The number of nitrogens with zero attached hydrogens (tertiary/aromatic N) is 1. The molecule has 0 saturated carbocycles. The molecule has 6 heteroatoms. The van der Waals surface area contributed by atoms with Gasteiger partial charge in [-0.05, 0) is 37.0 Å². The highest BCUT2D eigenvalue weighted by molar-refractivity contribution is 5.97. The molecule has 0 radical (unpaired) electrons. The van der Waals surface area contributed by atoms with Gasteiger partial charge in [0.15, 0.2) is 0 Å². The number of carbonyl (C=O) groups excluding carboxylic acids is 2. The normalized spacial score (nSPS) is 20.5. The molecule has 2 amide bonds. The first-order valence-electron chi connectivity index (χ1n) is 7.56. The first kappa shape index (κ1) is 16.6. The highest BCUT2D eigenvalue weighted by atomic mass is 35.5. The highest BCUT2D eigenvalue weighted by Gasteiger charge is 2.25. The molecule has 0 bridgehead atoms. The molecule has 2 aliphatic heterocycles. The number of amides is 2. The molecule has 120 valence electrons. The van der Waals surface area contributed by atoms with Crippen LogP contribution in [-0.4, -0.2) is 42.9 Å². The monoisotopic (exact) mass is 323 g/mol. The molecule has 0 aromatic heterocycles. The van der Waals surface area contributed by atoms with Crippen LogP contribution in [0.4, 0.5) is 5.69 Å². The van der Waals surface area contributed by atoms with E-state index < -0.39 is 0 Å². The lowest BCUT2D eigenvalue weighted by molar-refractivity contribution is -0.132. The third-order valence-electron chi connectivity index (χ3n) is 4.30. The number of likely N-dealkylation sites (tertiary alicyclic amines) is 1. The Kier molecular flexibility index (Phi) is 5.29. The van der Waals surface area contributed by atoms with Crippen molar-refractivity contribution in [3.8, 4) is 0 Å². The van der Waals surface area contributed by atoms with Gasteiger partial charge >= 0.3 is 0 Å². The second-order valence-corrected chi connectivity index (χ2v) is 5.85. The van der Waals surface area contributed by atoms with Gasteiger partial charge in [0.1, 0.15) is 0 Å². The molecule has 22 heavy (non-hydrogen) atoms. The molecule has 1 aromatic carbocycles. The second-order valence-electron chi connectivity index (χ2n) is 5.85. The number of benzene rings is 1. The van der Waals surface area contributed by atoms with Gasteiger partial charge < -0.3 is 15.5 Å². The first-order chi connectivity index (χ1) is 10.1. The number of anilines is 1. The molecule has 1 aromatic rings. The second kappa shape index (κ2) is 7.01. The summed E-state index contributed by atoms with van der Waals surface area (Å²) in [6, 6.07) is 5.88. The van der Waals surface area contributed by atoms with Crippen molar-refractivity contribution in [3.63, 3.8) is 0 Å². The summed E-state index contributed by atoms with van der Waals surface area (Å²) in [7, 11) is 1.79. The molecule has 1 fully saturated rings. The minimum Gasteiger partial charge on any atom is -0.385 e. The summed E-state index contributed by atoms with van der Waals surface area (Å²) in [6.07, 6.45) is 3.23. The smallest absolute Gasteiger partial charge is 0.251 e. The Labute approximate surface area is 136 Å². The van der Waals surface area contributed by atoms with Crippen molar-refractivity contribution < 1.29 is 9.59 Å². The van der Waals surface area contributed by atoms with Gasteiger partial charge in [0.2, 0.25) is 5.91 Å². The number of nitrogens with one attached hydrogen (secondary N) is 2. The maximum atomic E-state index is 12.5. The lowest BCUT2D eigenvalue weighted by Gasteiger charge is -2.30. The predicted molar refractivity (Wildman–Crippen MR) is 88.6 cm³/mol. The van der Waals surface area contributed by atoms with Crippen molar-refractivity contribution in [2.24, 2.45) is 0 Å². The summed E-state index contributed by atoms with van der Waals surface area (Å²) >= 11 is 0. The summed E-state index contributed by atoms with van der Waals surface area (Å²) in [5, 5.41) is 6.42. The van der Waals surface area contributed by atoms with E-state index in [9.17, 15) is 9.59 Å². The Morgan fingerprint density at radius 2 is 2.18 bits per heavy atom. The van der Waals surface area contributed by atoms with Crippen LogP contribution in [0.15, 0.2) is 18.2 Å². The zero-order valence-electron chi connectivity index (χ0n) is 12.7. The van der Waals surface area contributed by atoms with Gasteiger partial charge in [-0.25, -0.2) is 0 Å². The van der Waals surface area contributed by atoms with E-state index >= 15 is 0 Å². The van der Waals surface area contributed by atoms with Crippen LogP contribution in [0, 0.1) is 0 Å². The van der Waals surface area contributed by atoms with Crippen LogP contribution < -0.4 is 10.6 Å². The average Bonchev–Trinajstić information content (AvgIpc) is 2.50. The van der Waals surface area contributed by atoms with E-state index in [1.54, 1.807) is 11.9 Å². The number of hydrogen-bond acceptors (Lipinski definition) is 3. The number of carbonyl (C=O) groups is 2. The fraction of sp³-hybridized carbons (Fsp3) is 0.500. The third kappa shape index (κ3) is 3.35. The molecular formula is C16H22ClN3O2. The fourth-order valence-corrected chi connectivity index (χ4v) is 3.12. The van der Waals surface area contributed by atoms with Crippen molar-refractivity contribution in [2.45, 2.75) is 31.7 Å². The van der Waals surface area contributed by atoms with Crippen LogP contribution in [0.5, 0.6) is 0 Å². The van der Waals surface area contributed by atoms with E-state index in [0.717, 1.165) is 42.6 Å². The van der Waals surface area contributed by atoms with Crippen LogP contribution in [0.2, 0.25) is 0 Å². The summed E-state index contributed by atoms with van der Waals surface area (Å²) in [4.78, 5) is 25.7. The molecule has 3 rings (SSSR count). The van der Waals surface area contributed by atoms with Crippen LogP contribution >= 0.6 is 12.4 Å². The van der Waals surface area contributed by atoms with Crippen LogP contribution in [0.1, 0.15) is 35.2 Å². The van der Waals surface area contributed by atoms with Gasteiger partial charge in [0.05, 0.1) is 0 Å². The molecule has 2 heterocycles. The van der Waals surface area contributed by atoms with E-state index in [0.29, 0.717) is 13.0 Å². The number of hydrogen-bond donors (Lipinski definition) is 2. The van der Waals surface area contributed by atoms with Crippen molar-refractivity contribution in [2.75, 3.05) is 25.5 Å². The standard InChI is InChI=1S/C16H21N3O2.ClH/c1-19-10-11(7-8-15(19)20)18-16(21)13-4-2-6-14-12(13)5-3-9-17-14;/h2,4,6,11,17H,3,5,7-10H2,1H3,(H,18,21);1H. The van der Waals surface area contributed by atoms with E-state index in [4.69, 9.17) is 0 Å². The number of piperidine rings is 1. The largest absolute Gasteiger partial charge is 0.385 e. The number of halogens is 1. The highest BCUT2D eigenvalue weighted by Crippen LogP contribution is 2.25. The molecule has 1 saturated heterocycles. The number of fused-ring (bicyclic) bond motifs is 1. The Bertz CT molecular complexity index is 577. The lowest BCUT2D eigenvalue weighted by atomic mass is 9.96. The molecule has 1 atom stereocenters.